The number of unbranched alkanes of at least 4 members (excludes halogenated alkanes) is 14. The third-order valence-corrected chi connectivity index (χ3v) is 12.4. The summed E-state index contributed by atoms with van der Waals surface area (Å²) in [6.07, 6.45) is 19.1. The van der Waals surface area contributed by atoms with Crippen LogP contribution >= 0.6 is 7.75 Å². The van der Waals surface area contributed by atoms with Crippen molar-refractivity contribution >= 4 is 36.7 Å². The molecule has 3 heterocycles. The number of hydrogen-bond acceptors (Lipinski definition) is 13. The first kappa shape index (κ1) is 49.7. The molecular weight excluding hydrogens is 806 g/mol. The van der Waals surface area contributed by atoms with Gasteiger partial charge in [0.15, 0.2) is 28.7 Å². The van der Waals surface area contributed by atoms with Crippen molar-refractivity contribution in [3.63, 3.8) is 0 Å². The lowest BCUT2D eigenvalue weighted by molar-refractivity contribution is -0.152. The molecular formula is C44H66FN6O9P. The van der Waals surface area contributed by atoms with Gasteiger partial charge in [0.1, 0.15) is 25.0 Å². The molecule has 1 aromatic carbocycles. The van der Waals surface area contributed by atoms with Gasteiger partial charge in [-0.2, -0.15) is 14.4 Å². The van der Waals surface area contributed by atoms with Crippen molar-refractivity contribution in [1.29, 1.82) is 0 Å². The van der Waals surface area contributed by atoms with Crippen LogP contribution in [0.2, 0.25) is 0 Å². The normalized spacial score (nSPS) is 19.6. The van der Waals surface area contributed by atoms with E-state index in [9.17, 15) is 23.7 Å². The van der Waals surface area contributed by atoms with E-state index < -0.39 is 62.4 Å². The van der Waals surface area contributed by atoms with Gasteiger partial charge >= 0.3 is 25.8 Å². The van der Waals surface area contributed by atoms with Crippen LogP contribution in [0.15, 0.2) is 36.7 Å². The van der Waals surface area contributed by atoms with E-state index in [1.807, 2.05) is 6.07 Å². The molecule has 0 amide bonds. The van der Waals surface area contributed by atoms with E-state index >= 15 is 0 Å². The zero-order valence-corrected chi connectivity index (χ0v) is 37.0. The molecule has 1 saturated heterocycles. The highest BCUT2D eigenvalue weighted by Crippen LogP contribution is 2.49. The molecule has 6 atom stereocenters. The van der Waals surface area contributed by atoms with Crippen LogP contribution in [0.3, 0.4) is 0 Å². The molecule has 1 fully saturated rings. The number of aromatic nitrogens is 4. The number of ether oxygens (including phenoxy) is 3. The lowest BCUT2D eigenvalue weighted by Gasteiger charge is -2.31. The first-order chi connectivity index (χ1) is 29.4. The average molecular weight is 873 g/mol. The maximum Gasteiger partial charge on any atom is 0.407 e. The monoisotopic (exact) mass is 872 g/mol. The van der Waals surface area contributed by atoms with Crippen LogP contribution in [0.4, 0.5) is 10.2 Å². The number of aliphatic hydroxyl groups excluding tert-OH is 1. The van der Waals surface area contributed by atoms with E-state index in [0.29, 0.717) is 12.8 Å². The highest BCUT2D eigenvalue weighted by Gasteiger charge is 2.50. The fourth-order valence-electron chi connectivity index (χ4n) is 7.13. The van der Waals surface area contributed by atoms with Crippen LogP contribution in [0, 0.1) is 18.4 Å². The van der Waals surface area contributed by atoms with Gasteiger partial charge in [-0.25, -0.2) is 19.4 Å². The quantitative estimate of drug-likeness (QED) is 0.0190. The molecule has 61 heavy (non-hydrogen) atoms. The number of carbonyl (C=O) groups excluding carboxylic acids is 2. The first-order valence-electron chi connectivity index (χ1n) is 22.0. The van der Waals surface area contributed by atoms with Crippen molar-refractivity contribution in [3.05, 3.63) is 48.3 Å². The number of benzene rings is 1. The van der Waals surface area contributed by atoms with Crippen molar-refractivity contribution in [1.82, 2.24) is 24.6 Å². The Kier molecular flexibility index (Phi) is 21.0. The predicted molar refractivity (Wildman–Crippen MR) is 230 cm³/mol. The van der Waals surface area contributed by atoms with Crippen LogP contribution in [-0.2, 0) is 43.8 Å². The maximum absolute atomic E-state index is 14.9. The zero-order chi connectivity index (χ0) is 44.1. The molecule has 1 aliphatic heterocycles. The number of aliphatic hydroxyl groups is 1. The Morgan fingerprint density at radius 1 is 0.967 bits per heavy atom. The minimum Gasteiger partial charge on any atom is -0.465 e. The van der Waals surface area contributed by atoms with Gasteiger partial charge in [-0.1, -0.05) is 140 Å². The van der Waals surface area contributed by atoms with Crippen LogP contribution in [0.5, 0.6) is 0 Å². The molecule has 2 aromatic heterocycles. The summed E-state index contributed by atoms with van der Waals surface area (Å²) in [6, 6.07) is 7.79. The summed E-state index contributed by atoms with van der Waals surface area (Å²) in [7, 11) is -4.71. The van der Waals surface area contributed by atoms with Crippen LogP contribution in [0.1, 0.15) is 142 Å². The van der Waals surface area contributed by atoms with Gasteiger partial charge in [0.25, 0.3) is 0 Å². The molecule has 17 heteroatoms. The second-order valence-corrected chi connectivity index (χ2v) is 17.5. The Balaban J connectivity index is 1.49. The number of nitrogens with zero attached hydrogens (tertiary/aromatic N) is 4. The summed E-state index contributed by atoms with van der Waals surface area (Å²) >= 11 is 0. The smallest absolute Gasteiger partial charge is 0.407 e. The minimum atomic E-state index is -4.71. The van der Waals surface area contributed by atoms with E-state index in [1.165, 1.54) is 69.2 Å². The lowest BCUT2D eigenvalue weighted by atomic mass is 9.99. The number of anilines is 1. The molecule has 4 N–H and O–H groups in total. The van der Waals surface area contributed by atoms with Gasteiger partial charge < -0.3 is 25.1 Å². The Bertz CT molecular complexity index is 1880. The molecule has 0 unspecified atom stereocenters. The number of hydrogen-bond donors (Lipinski definition) is 3. The molecule has 338 valence electrons. The summed E-state index contributed by atoms with van der Waals surface area (Å²) in [5.41, 5.74) is 4.74. The van der Waals surface area contributed by atoms with Crippen LogP contribution < -0.4 is 10.8 Å². The molecule has 15 nitrogen and oxygen atoms in total. The molecule has 0 saturated carbocycles. The van der Waals surface area contributed by atoms with Gasteiger partial charge in [-0.15, -0.1) is 6.42 Å². The number of rotatable bonds is 30. The van der Waals surface area contributed by atoms with Gasteiger partial charge in [0.2, 0.25) is 0 Å². The van der Waals surface area contributed by atoms with Crippen molar-refractivity contribution < 1.29 is 46.9 Å². The molecule has 0 aliphatic carbocycles. The second kappa shape index (κ2) is 25.8. The number of terminal acetylenes is 1. The number of nitrogen functional groups attached to an aromatic ring is 1. The van der Waals surface area contributed by atoms with E-state index in [0.717, 1.165) is 44.1 Å². The predicted octanol–water partition coefficient (Wildman–Crippen LogP) is 8.30. The first-order valence-corrected chi connectivity index (χ1v) is 23.6. The molecule has 4 rings (SSSR count). The molecule has 3 aromatic rings. The summed E-state index contributed by atoms with van der Waals surface area (Å²) in [5.74, 6) is 0.746. The molecule has 0 radical (unpaired) electrons. The highest BCUT2D eigenvalue weighted by atomic mass is 31.2. The van der Waals surface area contributed by atoms with E-state index in [-0.39, 0.29) is 43.0 Å². The molecule has 0 spiro atoms. The van der Waals surface area contributed by atoms with Crippen LogP contribution in [-0.4, -0.2) is 80.2 Å². The van der Waals surface area contributed by atoms with Gasteiger partial charge in [-0.05, 0) is 31.7 Å². The van der Waals surface area contributed by atoms with Crippen LogP contribution in [0.25, 0.3) is 11.2 Å². The summed E-state index contributed by atoms with van der Waals surface area (Å²) < 4.78 is 59.6. The van der Waals surface area contributed by atoms with E-state index in [4.69, 9.17) is 35.4 Å². The van der Waals surface area contributed by atoms with Crippen molar-refractivity contribution in [2.45, 2.75) is 166 Å². The van der Waals surface area contributed by atoms with Crippen molar-refractivity contribution in [2.75, 3.05) is 25.6 Å². The fourth-order valence-corrected chi connectivity index (χ4v) is 8.77. The SMILES string of the molecule is C#C[C@]1(CO[P@@](=O)(N[C@@H](Cc2ccccc2)C(=O)OCCCCCCCCCC)O[C@@H](C)C(=O)OCCCCCCCCCC)O[C@@H](n2cnc3c(N)nc(F)nc32)C[C@@H]1O. The molecule has 0 bridgehead atoms. The fraction of sp³-hybridized carbons (Fsp3) is 0.659. The highest BCUT2D eigenvalue weighted by molar-refractivity contribution is 7.51. The van der Waals surface area contributed by atoms with Crippen molar-refractivity contribution in [3.8, 4) is 12.3 Å². The van der Waals surface area contributed by atoms with Crippen molar-refractivity contribution in [2.24, 2.45) is 0 Å². The second-order valence-electron chi connectivity index (χ2n) is 15.7. The Hall–Kier alpha value is -3.97. The summed E-state index contributed by atoms with van der Waals surface area (Å²) in [6.45, 7) is 5.30. The van der Waals surface area contributed by atoms with Gasteiger partial charge in [-0.3, -0.25) is 18.4 Å². The Labute approximate surface area is 360 Å². The number of nitrogens with one attached hydrogen (secondary N) is 1. The standard InChI is InChI=1S/C44H66FN6O9P/c1-5-8-10-12-14-16-18-23-27-56-41(53)33(4)60-61(55,50-35(29-34-25-21-20-22-26-34)42(54)57-28-24-19-17-15-13-11-9-6-2)58-31-44(7-3)36(52)30-37(59-44)51-32-47-38-39(46)48-43(45)49-40(38)51/h3,20-22,25-26,32-33,35-37,52H,5-6,8-19,23-24,27-31H2,1-2,4H3,(H,50,55)(H2,46,48,49)/t33-,35-,36-,37+,44+,61-/m0/s1. The third-order valence-electron chi connectivity index (χ3n) is 10.7. The number of nitrogens with two attached hydrogens (primary N) is 1. The lowest BCUT2D eigenvalue weighted by Crippen LogP contribution is -2.44. The topological polar surface area (TPSA) is 199 Å². The number of esters is 2. The maximum atomic E-state index is 14.9. The molecule has 1 aliphatic rings. The van der Waals surface area contributed by atoms with Gasteiger partial charge in [0, 0.05) is 6.42 Å². The number of halogens is 1. The third kappa shape index (κ3) is 15.7. The van der Waals surface area contributed by atoms with E-state index in [2.05, 4.69) is 39.8 Å². The van der Waals surface area contributed by atoms with E-state index in [1.54, 1.807) is 24.3 Å². The largest absolute Gasteiger partial charge is 0.465 e. The minimum absolute atomic E-state index is 0.000150. The Morgan fingerprint density at radius 3 is 2.13 bits per heavy atom. The number of fused-ring (bicyclic) bond motifs is 1. The zero-order valence-electron chi connectivity index (χ0n) is 36.1. The number of carbonyl (C=O) groups is 2. The summed E-state index contributed by atoms with van der Waals surface area (Å²) in [4.78, 5) is 38.4. The average Bonchev–Trinajstić information content (AvgIpc) is 3.82. The number of imidazole rings is 1. The Morgan fingerprint density at radius 2 is 1.54 bits per heavy atom. The summed E-state index contributed by atoms with van der Waals surface area (Å²) in [5, 5.41) is 14.1. The van der Waals surface area contributed by atoms with Gasteiger partial charge in [0.05, 0.1) is 19.5 Å².